The summed E-state index contributed by atoms with van der Waals surface area (Å²) in [5.74, 6) is -3.06. The summed E-state index contributed by atoms with van der Waals surface area (Å²) in [5.41, 5.74) is -5.32. The lowest BCUT2D eigenvalue weighted by molar-refractivity contribution is -0.0500. The maximum Gasteiger partial charge on any atom is 0.534 e. The van der Waals surface area contributed by atoms with Gasteiger partial charge in [-0.2, -0.15) is 26.7 Å². The smallest absolute Gasteiger partial charge is 0.490 e. The van der Waals surface area contributed by atoms with E-state index in [1.807, 2.05) is 6.92 Å². The van der Waals surface area contributed by atoms with Gasteiger partial charge in [0.1, 0.15) is 35.4 Å². The van der Waals surface area contributed by atoms with E-state index in [-0.39, 0.29) is 57.6 Å². The molecule has 1 aromatic carbocycles. The van der Waals surface area contributed by atoms with E-state index in [9.17, 15) is 26.0 Å². The Morgan fingerprint density at radius 3 is 2.67 bits per heavy atom. The lowest BCUT2D eigenvalue weighted by Gasteiger charge is -2.21. The zero-order valence-corrected chi connectivity index (χ0v) is 22.5. The van der Waals surface area contributed by atoms with Crippen molar-refractivity contribution in [3.8, 4) is 34.1 Å². The summed E-state index contributed by atoms with van der Waals surface area (Å²) in [5, 5.41) is 9.08. The molecule has 214 valence electrons. The highest BCUT2D eigenvalue weighted by molar-refractivity contribution is 7.88. The second kappa shape index (κ2) is 10.6. The van der Waals surface area contributed by atoms with Crippen LogP contribution in [-0.4, -0.2) is 55.1 Å². The molecule has 0 unspecified atom stereocenters. The van der Waals surface area contributed by atoms with Crippen molar-refractivity contribution in [1.82, 2.24) is 20.1 Å². The fraction of sp³-hybridized carbons (Fsp3) is 0.333. The fourth-order valence-electron chi connectivity index (χ4n) is 4.24. The third-order valence-corrected chi connectivity index (χ3v) is 7.92. The molecule has 4 heterocycles. The van der Waals surface area contributed by atoms with Gasteiger partial charge in [0.05, 0.1) is 34.5 Å². The van der Waals surface area contributed by atoms with Crippen molar-refractivity contribution in [2.75, 3.05) is 20.3 Å². The van der Waals surface area contributed by atoms with Crippen LogP contribution in [0.1, 0.15) is 12.6 Å². The number of aromatic nitrogens is 3. The van der Waals surface area contributed by atoms with E-state index in [4.69, 9.17) is 9.47 Å². The van der Waals surface area contributed by atoms with Crippen LogP contribution < -0.4 is 14.2 Å². The van der Waals surface area contributed by atoms with Gasteiger partial charge < -0.3 is 19.0 Å². The average molecular weight is 605 g/mol. The van der Waals surface area contributed by atoms with Crippen LogP contribution in [0.3, 0.4) is 0 Å². The van der Waals surface area contributed by atoms with E-state index in [1.54, 1.807) is 10.7 Å². The van der Waals surface area contributed by atoms with Gasteiger partial charge in [0.25, 0.3) is 0 Å². The first-order valence-electron chi connectivity index (χ1n) is 11.7. The highest BCUT2D eigenvalue weighted by Crippen LogP contribution is 2.47. The second-order valence-corrected chi connectivity index (χ2v) is 11.3. The van der Waals surface area contributed by atoms with Gasteiger partial charge in [-0.25, -0.2) is 13.8 Å². The van der Waals surface area contributed by atoms with Crippen molar-refractivity contribution in [3.63, 3.8) is 0 Å². The fourth-order valence-corrected chi connectivity index (χ4v) is 5.61. The molecule has 1 aliphatic heterocycles. The number of thiophene rings is 1. The molecule has 0 fully saturated rings. The van der Waals surface area contributed by atoms with Crippen molar-refractivity contribution in [3.05, 3.63) is 47.0 Å². The molecule has 16 heteroatoms. The third-order valence-electron chi connectivity index (χ3n) is 6.04. The molecular formula is C24H21F5N4O5S2. The van der Waals surface area contributed by atoms with Crippen molar-refractivity contribution >= 4 is 31.5 Å². The maximum absolute atomic E-state index is 15.6. The summed E-state index contributed by atoms with van der Waals surface area (Å²) < 4.78 is 110. The number of fused-ring (bicyclic) bond motifs is 2. The lowest BCUT2D eigenvalue weighted by atomic mass is 9.99. The number of ether oxygens (including phenoxy) is 2. The molecule has 0 aliphatic carbocycles. The van der Waals surface area contributed by atoms with Gasteiger partial charge in [-0.05, 0) is 24.4 Å². The summed E-state index contributed by atoms with van der Waals surface area (Å²) in [6, 6.07) is 4.53. The minimum absolute atomic E-state index is 0.0168. The number of hydrogen-bond acceptors (Lipinski definition) is 9. The van der Waals surface area contributed by atoms with Gasteiger partial charge in [-0.1, -0.05) is 0 Å². The van der Waals surface area contributed by atoms with Gasteiger partial charge in [0.15, 0.2) is 0 Å². The molecule has 5 rings (SSSR count). The molecule has 40 heavy (non-hydrogen) atoms. The second-order valence-electron chi connectivity index (χ2n) is 8.87. The number of methoxy groups -OCH3 is 1. The predicted molar refractivity (Wildman–Crippen MR) is 135 cm³/mol. The van der Waals surface area contributed by atoms with E-state index >= 15 is 4.39 Å². The Kier molecular flexibility index (Phi) is 7.45. The normalized spacial score (nSPS) is 15.8. The summed E-state index contributed by atoms with van der Waals surface area (Å²) in [6.07, 6.45) is 0. The van der Waals surface area contributed by atoms with Crippen LogP contribution in [0.25, 0.3) is 32.6 Å². The number of benzene rings is 1. The first-order chi connectivity index (χ1) is 18.9. The topological polar surface area (TPSA) is 105 Å². The van der Waals surface area contributed by atoms with Crippen LogP contribution in [0, 0.1) is 11.6 Å². The van der Waals surface area contributed by atoms with Gasteiger partial charge in [0.2, 0.25) is 5.88 Å². The molecule has 0 saturated carbocycles. The van der Waals surface area contributed by atoms with E-state index < -0.39 is 33.1 Å². The molecule has 0 bridgehead atoms. The van der Waals surface area contributed by atoms with Crippen molar-refractivity contribution in [2.45, 2.75) is 31.6 Å². The van der Waals surface area contributed by atoms with Gasteiger partial charge in [-0.3, -0.25) is 4.68 Å². The summed E-state index contributed by atoms with van der Waals surface area (Å²) in [4.78, 5) is 4.15. The first-order valence-corrected chi connectivity index (χ1v) is 14.0. The molecule has 1 aliphatic rings. The minimum Gasteiger partial charge on any atom is -0.490 e. The predicted octanol–water partition coefficient (Wildman–Crippen LogP) is 4.85. The Morgan fingerprint density at radius 2 is 1.95 bits per heavy atom. The Morgan fingerprint density at radius 1 is 1.18 bits per heavy atom. The number of nitrogens with one attached hydrogen (secondary N) is 1. The SMILES string of the molecule is COCCOc1cc(F)cc(F)c1-c1c(-c2cc3n(n2)C[C@@H](C)NC3)nc(OS(=O)(=O)C(F)(F)F)c2ccsc12. The quantitative estimate of drug-likeness (QED) is 0.132. The number of rotatable bonds is 8. The molecule has 3 aromatic heterocycles. The van der Waals surface area contributed by atoms with E-state index in [2.05, 4.69) is 19.6 Å². The van der Waals surface area contributed by atoms with Crippen molar-refractivity contribution < 1.29 is 44.0 Å². The molecule has 0 saturated heterocycles. The van der Waals surface area contributed by atoms with Gasteiger partial charge in [0, 0.05) is 37.4 Å². The number of hydrogen-bond donors (Lipinski definition) is 1. The molecule has 0 amide bonds. The van der Waals surface area contributed by atoms with Gasteiger partial charge in [-0.15, -0.1) is 11.3 Å². The largest absolute Gasteiger partial charge is 0.534 e. The zero-order chi connectivity index (χ0) is 28.8. The lowest BCUT2D eigenvalue weighted by Crippen LogP contribution is -2.36. The van der Waals surface area contributed by atoms with Crippen LogP contribution in [0.2, 0.25) is 0 Å². The van der Waals surface area contributed by atoms with Crippen molar-refractivity contribution in [1.29, 1.82) is 0 Å². The Labute approximate surface area is 228 Å². The van der Waals surface area contributed by atoms with Crippen LogP contribution in [0.5, 0.6) is 11.6 Å². The Hall–Kier alpha value is -3.34. The summed E-state index contributed by atoms with van der Waals surface area (Å²) in [6.45, 7) is 2.81. The van der Waals surface area contributed by atoms with Crippen LogP contribution in [0.15, 0.2) is 29.6 Å². The number of alkyl halides is 3. The Balaban J connectivity index is 1.80. The number of pyridine rings is 1. The molecule has 1 N–H and O–H groups in total. The van der Waals surface area contributed by atoms with Crippen molar-refractivity contribution in [2.24, 2.45) is 0 Å². The van der Waals surface area contributed by atoms with Gasteiger partial charge >= 0.3 is 15.6 Å². The molecule has 4 aromatic rings. The molecule has 0 radical (unpaired) electrons. The maximum atomic E-state index is 15.6. The number of halogens is 5. The number of nitrogens with zero attached hydrogens (tertiary/aromatic N) is 3. The average Bonchev–Trinajstić information content (AvgIpc) is 3.51. The minimum atomic E-state index is -6.10. The molecule has 9 nitrogen and oxygen atoms in total. The summed E-state index contributed by atoms with van der Waals surface area (Å²) >= 11 is 0.967. The highest BCUT2D eigenvalue weighted by atomic mass is 32.2. The first kappa shape index (κ1) is 28.2. The van der Waals surface area contributed by atoms with Crippen LogP contribution in [0.4, 0.5) is 22.0 Å². The molecular weight excluding hydrogens is 583 g/mol. The van der Waals surface area contributed by atoms with Crippen LogP contribution >= 0.6 is 11.3 Å². The molecule has 0 spiro atoms. The standard InChI is InChI=1S/C24H21F5N4O5S2/c1-12-11-33-14(10-30-12)9-17(32-33)21-20(19-16(26)7-13(25)8-18(19)37-5-4-36-2)22-15(3-6-39-22)23(31-21)38-40(34,35)24(27,28)29/h3,6-9,12,30H,4-5,10-11H2,1-2H3/t12-/m1/s1. The van der Waals surface area contributed by atoms with E-state index in [1.165, 1.54) is 18.6 Å². The monoisotopic (exact) mass is 604 g/mol. The van der Waals surface area contributed by atoms with E-state index in [0.717, 1.165) is 17.4 Å². The van der Waals surface area contributed by atoms with E-state index in [0.29, 0.717) is 24.8 Å². The highest BCUT2D eigenvalue weighted by Gasteiger charge is 2.49. The Bertz CT molecular complexity index is 1690. The summed E-state index contributed by atoms with van der Waals surface area (Å²) in [7, 11) is -4.68. The third kappa shape index (κ3) is 5.23. The van der Waals surface area contributed by atoms with Crippen LogP contribution in [-0.2, 0) is 27.9 Å². The molecule has 1 atom stereocenters. The zero-order valence-electron chi connectivity index (χ0n) is 20.9.